The van der Waals surface area contributed by atoms with Crippen molar-refractivity contribution in [1.29, 1.82) is 0 Å². The summed E-state index contributed by atoms with van der Waals surface area (Å²) < 4.78 is 0. The van der Waals surface area contributed by atoms with Crippen LogP contribution in [0.25, 0.3) is 0 Å². The number of nitrogens with zero attached hydrogens (tertiary/aromatic N) is 1. The number of benzene rings is 1. The van der Waals surface area contributed by atoms with Gasteiger partial charge in [-0.3, -0.25) is 9.59 Å². The van der Waals surface area contributed by atoms with E-state index >= 15 is 0 Å². The van der Waals surface area contributed by atoms with Crippen LogP contribution in [0, 0.1) is 0 Å². The molecule has 5 heteroatoms. The average molecular weight is 273 g/mol. The first-order chi connectivity index (χ1) is 9.66. The first-order valence-corrected chi connectivity index (χ1v) is 7.07. The van der Waals surface area contributed by atoms with Crippen LogP contribution in [0.4, 0.5) is 0 Å². The highest BCUT2D eigenvalue weighted by molar-refractivity contribution is 5.90. The fourth-order valence-electron chi connectivity index (χ4n) is 3.16. The maximum absolute atomic E-state index is 12.6. The van der Waals surface area contributed by atoms with Crippen molar-refractivity contribution >= 4 is 11.8 Å². The van der Waals surface area contributed by atoms with Gasteiger partial charge in [0.2, 0.25) is 11.8 Å². The van der Waals surface area contributed by atoms with Gasteiger partial charge in [0, 0.05) is 13.1 Å². The van der Waals surface area contributed by atoms with E-state index in [1.807, 2.05) is 12.1 Å². The van der Waals surface area contributed by atoms with Crippen molar-refractivity contribution in [2.75, 3.05) is 6.54 Å². The molecule has 2 aliphatic rings. The third kappa shape index (κ3) is 2.29. The van der Waals surface area contributed by atoms with E-state index in [2.05, 4.69) is 17.4 Å². The van der Waals surface area contributed by atoms with Gasteiger partial charge in [0.1, 0.15) is 6.04 Å². The van der Waals surface area contributed by atoms with Crippen LogP contribution in [-0.2, 0) is 22.6 Å². The number of carbonyl (C=O) groups excluding carboxylic acids is 2. The van der Waals surface area contributed by atoms with Crippen molar-refractivity contribution < 1.29 is 9.59 Å². The predicted octanol–water partition coefficient (Wildman–Crippen LogP) is 0.177. The molecule has 0 radical (unpaired) electrons. The Bertz CT molecular complexity index is 544. The predicted molar refractivity (Wildman–Crippen MR) is 74.7 cm³/mol. The molecule has 0 bridgehead atoms. The smallest absolute Gasteiger partial charge is 0.240 e. The Morgan fingerprint density at radius 1 is 1.25 bits per heavy atom. The highest BCUT2D eigenvalue weighted by Crippen LogP contribution is 2.22. The fourth-order valence-corrected chi connectivity index (χ4v) is 3.16. The lowest BCUT2D eigenvalue weighted by atomic mass is 9.95. The molecule has 1 aromatic carbocycles. The minimum Gasteiger partial charge on any atom is -0.368 e. The Morgan fingerprint density at radius 2 is 2.00 bits per heavy atom. The Labute approximate surface area is 118 Å². The van der Waals surface area contributed by atoms with Crippen LogP contribution in [0.2, 0.25) is 0 Å². The molecule has 3 rings (SSSR count). The second-order valence-electron chi connectivity index (χ2n) is 5.50. The van der Waals surface area contributed by atoms with Crippen molar-refractivity contribution in [2.24, 2.45) is 5.73 Å². The third-order valence-corrected chi connectivity index (χ3v) is 4.24. The Morgan fingerprint density at radius 3 is 2.75 bits per heavy atom. The lowest BCUT2D eigenvalue weighted by Gasteiger charge is -2.31. The molecule has 1 fully saturated rings. The topological polar surface area (TPSA) is 75.4 Å². The number of nitrogens with one attached hydrogen (secondary N) is 1. The van der Waals surface area contributed by atoms with Crippen molar-refractivity contribution in [3.05, 3.63) is 35.4 Å². The highest BCUT2D eigenvalue weighted by Gasteiger charge is 2.36. The number of fused-ring (bicyclic) bond motifs is 1. The first-order valence-electron chi connectivity index (χ1n) is 7.07. The lowest BCUT2D eigenvalue weighted by molar-refractivity contribution is -0.139. The number of rotatable bonds is 2. The van der Waals surface area contributed by atoms with Gasteiger partial charge in [0.25, 0.3) is 0 Å². The van der Waals surface area contributed by atoms with Gasteiger partial charge in [-0.1, -0.05) is 24.3 Å². The van der Waals surface area contributed by atoms with Gasteiger partial charge in [-0.15, -0.1) is 0 Å². The van der Waals surface area contributed by atoms with E-state index in [-0.39, 0.29) is 11.9 Å². The second-order valence-corrected chi connectivity index (χ2v) is 5.50. The standard InChI is InChI=1S/C15H19N3O2/c16-14(19)13-6-3-7-18(13)15(20)12-8-10-4-1-2-5-11(10)9-17-12/h1-2,4-5,12-13,17H,3,6-9H2,(H2,16,19). The molecular formula is C15H19N3O2. The molecule has 0 spiro atoms. The summed E-state index contributed by atoms with van der Waals surface area (Å²) in [6.45, 7) is 1.33. The summed E-state index contributed by atoms with van der Waals surface area (Å²) in [5.41, 5.74) is 7.83. The van der Waals surface area contributed by atoms with Crippen LogP contribution in [0.5, 0.6) is 0 Å². The van der Waals surface area contributed by atoms with Gasteiger partial charge >= 0.3 is 0 Å². The minimum atomic E-state index is -0.429. The Balaban J connectivity index is 1.74. The molecule has 1 saturated heterocycles. The van der Waals surface area contributed by atoms with Crippen LogP contribution < -0.4 is 11.1 Å². The zero-order valence-electron chi connectivity index (χ0n) is 11.3. The second kappa shape index (κ2) is 5.25. The van der Waals surface area contributed by atoms with Crippen LogP contribution >= 0.6 is 0 Å². The zero-order chi connectivity index (χ0) is 14.1. The molecule has 2 heterocycles. The van der Waals surface area contributed by atoms with Crippen molar-refractivity contribution in [1.82, 2.24) is 10.2 Å². The number of nitrogens with two attached hydrogens (primary N) is 1. The normalized spacial score (nSPS) is 25.3. The highest BCUT2D eigenvalue weighted by atomic mass is 16.2. The number of amides is 2. The van der Waals surface area contributed by atoms with Gasteiger partial charge in [-0.2, -0.15) is 0 Å². The minimum absolute atomic E-state index is 0.000744. The van der Waals surface area contributed by atoms with Crippen molar-refractivity contribution in [3.63, 3.8) is 0 Å². The van der Waals surface area contributed by atoms with E-state index < -0.39 is 11.9 Å². The van der Waals surface area contributed by atoms with Gasteiger partial charge in [0.05, 0.1) is 6.04 Å². The number of primary amides is 1. The average Bonchev–Trinajstić information content (AvgIpc) is 2.95. The lowest BCUT2D eigenvalue weighted by Crippen LogP contribution is -2.53. The van der Waals surface area contributed by atoms with E-state index in [0.29, 0.717) is 25.9 Å². The van der Waals surface area contributed by atoms with Crippen LogP contribution in [0.1, 0.15) is 24.0 Å². The van der Waals surface area contributed by atoms with Crippen LogP contribution in [0.3, 0.4) is 0 Å². The summed E-state index contributed by atoms with van der Waals surface area (Å²) >= 11 is 0. The largest absolute Gasteiger partial charge is 0.368 e. The van der Waals surface area contributed by atoms with E-state index in [0.717, 1.165) is 6.42 Å². The van der Waals surface area contributed by atoms with Crippen LogP contribution in [0.15, 0.2) is 24.3 Å². The van der Waals surface area contributed by atoms with Gasteiger partial charge in [-0.25, -0.2) is 0 Å². The summed E-state index contributed by atoms with van der Waals surface area (Å²) in [6, 6.07) is 7.46. The maximum Gasteiger partial charge on any atom is 0.240 e. The Kier molecular flexibility index (Phi) is 3.44. The molecule has 0 aromatic heterocycles. The van der Waals surface area contributed by atoms with E-state index in [1.165, 1.54) is 11.1 Å². The number of likely N-dealkylation sites (tertiary alicyclic amines) is 1. The van der Waals surface area contributed by atoms with Gasteiger partial charge in [0.15, 0.2) is 0 Å². The summed E-state index contributed by atoms with van der Waals surface area (Å²) in [7, 11) is 0. The molecule has 0 saturated carbocycles. The SMILES string of the molecule is NC(=O)C1CCCN1C(=O)C1Cc2ccccc2CN1. The molecule has 2 aliphatic heterocycles. The van der Waals surface area contributed by atoms with Gasteiger partial charge < -0.3 is 16.0 Å². The first kappa shape index (κ1) is 13.1. The Hall–Kier alpha value is -1.88. The summed E-state index contributed by atoms with van der Waals surface area (Å²) in [5.74, 6) is -0.395. The molecule has 3 N–H and O–H groups in total. The molecular weight excluding hydrogens is 254 g/mol. The molecule has 2 unspecified atom stereocenters. The van der Waals surface area contributed by atoms with Crippen molar-refractivity contribution in [3.8, 4) is 0 Å². The summed E-state index contributed by atoms with van der Waals surface area (Å²) in [4.78, 5) is 25.6. The van der Waals surface area contributed by atoms with E-state index in [1.54, 1.807) is 4.90 Å². The van der Waals surface area contributed by atoms with Crippen molar-refractivity contribution in [2.45, 2.75) is 37.9 Å². The van der Waals surface area contributed by atoms with E-state index in [4.69, 9.17) is 5.73 Å². The van der Waals surface area contributed by atoms with Crippen LogP contribution in [-0.4, -0.2) is 35.3 Å². The molecule has 0 aliphatic carbocycles. The molecule has 5 nitrogen and oxygen atoms in total. The molecule has 20 heavy (non-hydrogen) atoms. The summed E-state index contributed by atoms with van der Waals surface area (Å²) in [5, 5.41) is 3.27. The molecule has 2 atom stereocenters. The molecule has 106 valence electrons. The van der Waals surface area contributed by atoms with E-state index in [9.17, 15) is 9.59 Å². The fraction of sp³-hybridized carbons (Fsp3) is 0.467. The number of hydrogen-bond donors (Lipinski definition) is 2. The monoisotopic (exact) mass is 273 g/mol. The quantitative estimate of drug-likeness (QED) is 0.807. The molecule has 1 aromatic rings. The summed E-state index contributed by atoms with van der Waals surface area (Å²) in [6.07, 6.45) is 2.21. The maximum atomic E-state index is 12.6. The number of carbonyl (C=O) groups is 2. The zero-order valence-corrected chi connectivity index (χ0v) is 11.3. The molecule has 2 amide bonds. The number of hydrogen-bond acceptors (Lipinski definition) is 3. The third-order valence-electron chi connectivity index (χ3n) is 4.24. The van der Waals surface area contributed by atoms with Gasteiger partial charge in [-0.05, 0) is 30.4 Å².